The molecular weight excluding hydrogens is 306 g/mol. The summed E-state index contributed by atoms with van der Waals surface area (Å²) in [6, 6.07) is 18.6. The Bertz CT molecular complexity index is 640. The minimum absolute atomic E-state index is 0.0256. The van der Waals surface area contributed by atoms with Crippen LogP contribution in [0.5, 0.6) is 0 Å². The zero-order valence-corrected chi connectivity index (χ0v) is 13.9. The minimum Gasteiger partial charge on any atom is -0.316 e. The summed E-state index contributed by atoms with van der Waals surface area (Å²) in [6.45, 7) is 1.87. The topological polar surface area (TPSA) is 29.1 Å². The fraction of sp³-hybridized carbons (Fsp3) is 0.350. The maximum atomic E-state index is 11.5. The molecule has 0 amide bonds. The summed E-state index contributed by atoms with van der Waals surface area (Å²) in [5.74, 6) is 0.318. The van der Waals surface area contributed by atoms with Crippen LogP contribution in [0.3, 0.4) is 0 Å². The van der Waals surface area contributed by atoms with E-state index in [0.29, 0.717) is 12.3 Å². The molecule has 0 radical (unpaired) electrons. The summed E-state index contributed by atoms with van der Waals surface area (Å²) >= 11 is 6.04. The lowest BCUT2D eigenvalue weighted by molar-refractivity contribution is -0.110. The quantitative estimate of drug-likeness (QED) is 0.832. The molecule has 2 nitrogen and oxygen atoms in total. The molecule has 0 aromatic heterocycles. The summed E-state index contributed by atoms with van der Waals surface area (Å²) in [6.07, 6.45) is 3.63. The van der Waals surface area contributed by atoms with E-state index in [4.69, 9.17) is 11.6 Å². The fourth-order valence-corrected chi connectivity index (χ4v) is 3.96. The highest BCUT2D eigenvalue weighted by atomic mass is 35.5. The predicted molar refractivity (Wildman–Crippen MR) is 94.9 cm³/mol. The number of halogens is 1. The van der Waals surface area contributed by atoms with Gasteiger partial charge in [-0.2, -0.15) is 0 Å². The van der Waals surface area contributed by atoms with Crippen LogP contribution in [-0.2, 0) is 11.2 Å². The molecule has 3 heteroatoms. The van der Waals surface area contributed by atoms with Crippen molar-refractivity contribution in [3.8, 4) is 0 Å². The molecule has 0 bridgehead atoms. The van der Waals surface area contributed by atoms with Gasteiger partial charge in [0, 0.05) is 23.9 Å². The minimum atomic E-state index is -0.0256. The molecule has 0 saturated carbocycles. The van der Waals surface area contributed by atoms with Crippen molar-refractivity contribution in [3.05, 3.63) is 70.7 Å². The maximum absolute atomic E-state index is 11.5. The number of rotatable bonds is 5. The normalized spacial score (nSPS) is 24.3. The van der Waals surface area contributed by atoms with Crippen LogP contribution in [-0.4, -0.2) is 19.4 Å². The van der Waals surface area contributed by atoms with Crippen LogP contribution in [0.25, 0.3) is 0 Å². The number of aldehydes is 1. The van der Waals surface area contributed by atoms with Gasteiger partial charge in [-0.25, -0.2) is 0 Å². The molecular formula is C20H22ClNO. The zero-order chi connectivity index (χ0) is 16.1. The van der Waals surface area contributed by atoms with Gasteiger partial charge < -0.3 is 10.1 Å². The molecule has 2 aromatic rings. The Labute approximate surface area is 142 Å². The van der Waals surface area contributed by atoms with E-state index < -0.39 is 0 Å². The van der Waals surface area contributed by atoms with Gasteiger partial charge in [-0.1, -0.05) is 54.1 Å². The number of carbonyl (C=O) groups is 1. The smallest absolute Gasteiger partial charge is 0.120 e. The van der Waals surface area contributed by atoms with Crippen LogP contribution in [0.2, 0.25) is 5.02 Å². The molecule has 0 aliphatic carbocycles. The molecule has 1 N–H and O–H groups in total. The molecule has 120 valence electrons. The maximum Gasteiger partial charge on any atom is 0.120 e. The summed E-state index contributed by atoms with van der Waals surface area (Å²) in [5.41, 5.74) is 2.54. The lowest BCUT2D eigenvalue weighted by Crippen LogP contribution is -2.45. The predicted octanol–water partition coefficient (Wildman–Crippen LogP) is 4.24. The second-order valence-corrected chi connectivity index (χ2v) is 6.89. The van der Waals surface area contributed by atoms with Gasteiger partial charge in [0.2, 0.25) is 0 Å². The lowest BCUT2D eigenvalue weighted by Gasteiger charge is -2.44. The molecule has 0 unspecified atom stereocenters. The number of piperidine rings is 1. The first-order valence-electron chi connectivity index (χ1n) is 8.17. The summed E-state index contributed by atoms with van der Waals surface area (Å²) in [5, 5.41) is 4.25. The van der Waals surface area contributed by atoms with Gasteiger partial charge in [0.15, 0.2) is 0 Å². The van der Waals surface area contributed by atoms with E-state index in [9.17, 15) is 4.79 Å². The second-order valence-electron chi connectivity index (χ2n) is 6.45. The van der Waals surface area contributed by atoms with E-state index in [1.54, 1.807) is 0 Å². The van der Waals surface area contributed by atoms with Crippen LogP contribution in [0.1, 0.15) is 29.9 Å². The Morgan fingerprint density at radius 1 is 1.13 bits per heavy atom. The van der Waals surface area contributed by atoms with E-state index in [1.165, 1.54) is 11.1 Å². The van der Waals surface area contributed by atoms with Crippen molar-refractivity contribution in [2.45, 2.75) is 25.2 Å². The number of hydrogen-bond acceptors (Lipinski definition) is 2. The van der Waals surface area contributed by atoms with Gasteiger partial charge >= 0.3 is 0 Å². The molecule has 0 spiro atoms. The molecule has 1 heterocycles. The second kappa shape index (κ2) is 7.29. The molecule has 1 fully saturated rings. The van der Waals surface area contributed by atoms with E-state index in [2.05, 4.69) is 41.7 Å². The Kier molecular flexibility index (Phi) is 5.14. The van der Waals surface area contributed by atoms with Crippen molar-refractivity contribution in [2.75, 3.05) is 13.1 Å². The molecule has 1 aliphatic heterocycles. The third-order valence-corrected chi connectivity index (χ3v) is 5.30. The first-order valence-corrected chi connectivity index (χ1v) is 8.55. The van der Waals surface area contributed by atoms with Gasteiger partial charge in [0.1, 0.15) is 6.29 Å². The molecule has 2 aromatic carbocycles. The number of hydrogen-bond donors (Lipinski definition) is 1. The van der Waals surface area contributed by atoms with Crippen LogP contribution < -0.4 is 5.32 Å². The fourth-order valence-electron chi connectivity index (χ4n) is 3.84. The van der Waals surface area contributed by atoms with E-state index >= 15 is 0 Å². The van der Waals surface area contributed by atoms with Crippen LogP contribution in [0, 0.1) is 5.41 Å². The summed E-state index contributed by atoms with van der Waals surface area (Å²) < 4.78 is 0. The Hall–Kier alpha value is -1.64. The van der Waals surface area contributed by atoms with Crippen molar-refractivity contribution >= 4 is 17.9 Å². The third-order valence-electron chi connectivity index (χ3n) is 5.05. The van der Waals surface area contributed by atoms with Gasteiger partial charge in [0.05, 0.1) is 0 Å². The number of carbonyl (C=O) groups excluding carboxylic acids is 1. The Morgan fingerprint density at radius 2 is 1.87 bits per heavy atom. The van der Waals surface area contributed by atoms with Crippen molar-refractivity contribution in [1.29, 1.82) is 0 Å². The zero-order valence-electron chi connectivity index (χ0n) is 13.2. The van der Waals surface area contributed by atoms with Crippen LogP contribution in [0.15, 0.2) is 54.6 Å². The van der Waals surface area contributed by atoms with Crippen molar-refractivity contribution in [2.24, 2.45) is 5.41 Å². The average Bonchev–Trinajstić information content (AvgIpc) is 2.57. The van der Waals surface area contributed by atoms with E-state index in [-0.39, 0.29) is 5.41 Å². The van der Waals surface area contributed by atoms with Crippen LogP contribution >= 0.6 is 11.6 Å². The summed E-state index contributed by atoms with van der Waals surface area (Å²) in [7, 11) is 0. The highest BCUT2D eigenvalue weighted by Gasteiger charge is 2.41. The molecule has 2 atom stereocenters. The number of benzene rings is 2. The standard InChI is InChI=1S/C20H22ClNO/c21-18-8-6-17(7-9-18)19-15-22-12-10-20(19,11-13-23)14-16-4-2-1-3-5-16/h1-9,13,19,22H,10-12,14-15H2/t19-,20+/m0/s1. The number of nitrogens with one attached hydrogen (secondary N) is 1. The summed E-state index contributed by atoms with van der Waals surface area (Å²) in [4.78, 5) is 11.5. The Morgan fingerprint density at radius 3 is 2.57 bits per heavy atom. The molecule has 3 rings (SSSR count). The lowest BCUT2D eigenvalue weighted by atomic mass is 9.63. The molecule has 23 heavy (non-hydrogen) atoms. The van der Waals surface area contributed by atoms with Gasteiger partial charge in [-0.05, 0) is 48.1 Å². The van der Waals surface area contributed by atoms with Crippen molar-refractivity contribution in [3.63, 3.8) is 0 Å². The van der Waals surface area contributed by atoms with Crippen molar-refractivity contribution < 1.29 is 4.79 Å². The SMILES string of the molecule is O=CC[C@@]1(Cc2ccccc2)CCNC[C@H]1c1ccc(Cl)cc1. The van der Waals surface area contributed by atoms with Gasteiger partial charge in [-0.15, -0.1) is 0 Å². The average molecular weight is 328 g/mol. The monoisotopic (exact) mass is 327 g/mol. The van der Waals surface area contributed by atoms with Gasteiger partial charge in [-0.3, -0.25) is 0 Å². The third kappa shape index (κ3) is 3.65. The van der Waals surface area contributed by atoms with E-state index in [1.807, 2.05) is 18.2 Å². The molecule has 1 saturated heterocycles. The van der Waals surface area contributed by atoms with Crippen LogP contribution in [0.4, 0.5) is 0 Å². The van der Waals surface area contributed by atoms with Crippen molar-refractivity contribution in [1.82, 2.24) is 5.32 Å². The highest BCUT2D eigenvalue weighted by Crippen LogP contribution is 2.45. The largest absolute Gasteiger partial charge is 0.316 e. The molecule has 1 aliphatic rings. The highest BCUT2D eigenvalue weighted by molar-refractivity contribution is 6.30. The first-order chi connectivity index (χ1) is 11.2. The van der Waals surface area contributed by atoms with Gasteiger partial charge in [0.25, 0.3) is 0 Å². The van der Waals surface area contributed by atoms with E-state index in [0.717, 1.165) is 37.2 Å². The Balaban J connectivity index is 1.96. The first kappa shape index (κ1) is 16.2.